The smallest absolute Gasteiger partial charge is 0.194 e. The number of benzene rings is 1. The second kappa shape index (κ2) is 10.5. The van der Waals surface area contributed by atoms with Crippen LogP contribution in [-0.2, 0) is 19.6 Å². The molecule has 3 rings (SSSR count). The van der Waals surface area contributed by atoms with Crippen molar-refractivity contribution in [2.75, 3.05) is 46.8 Å². The Morgan fingerprint density at radius 1 is 1.23 bits per heavy atom. The Hall–Kier alpha value is -2.45. The minimum absolute atomic E-state index is 0.165. The molecule has 0 unspecified atom stereocenters. The molecule has 1 aromatic carbocycles. The van der Waals surface area contributed by atoms with Gasteiger partial charge in [-0.25, -0.2) is 9.38 Å². The highest BCUT2D eigenvalue weighted by Crippen LogP contribution is 2.14. The van der Waals surface area contributed by atoms with Gasteiger partial charge in [0.1, 0.15) is 11.6 Å². The lowest BCUT2D eigenvalue weighted by molar-refractivity contribution is 0.169. The molecule has 0 amide bonds. The maximum Gasteiger partial charge on any atom is 0.194 e. The number of rotatable bonds is 7. The third-order valence-electron chi connectivity index (χ3n) is 5.08. The number of hydrogen-bond donors (Lipinski definition) is 1. The molecule has 8 heteroatoms. The van der Waals surface area contributed by atoms with Gasteiger partial charge in [-0.2, -0.15) is 0 Å². The van der Waals surface area contributed by atoms with E-state index in [1.165, 1.54) is 0 Å². The number of piperazine rings is 1. The molecule has 1 aliphatic rings. The molecule has 0 aliphatic carbocycles. The largest absolute Gasteiger partial charge is 0.361 e. The monoisotopic (exact) mass is 416 g/mol. The van der Waals surface area contributed by atoms with Gasteiger partial charge >= 0.3 is 0 Å². The van der Waals surface area contributed by atoms with Gasteiger partial charge in [0.2, 0.25) is 0 Å². The standard InChI is InChI=1S/C22H33FN6O/c1-5-24-22(25-14-18-6-7-21(23)19(13-18)15-27(3)4)29-10-8-28(9-11-29)16-20-12-17(2)30-26-20/h6-7,12-13H,5,8-11,14-16H2,1-4H3,(H,24,25). The summed E-state index contributed by atoms with van der Waals surface area (Å²) in [6, 6.07) is 7.27. The highest BCUT2D eigenvalue weighted by Gasteiger charge is 2.20. The molecule has 1 N–H and O–H groups in total. The van der Waals surface area contributed by atoms with E-state index in [2.05, 4.69) is 27.2 Å². The first-order valence-electron chi connectivity index (χ1n) is 10.5. The van der Waals surface area contributed by atoms with Crippen molar-refractivity contribution in [1.29, 1.82) is 0 Å². The van der Waals surface area contributed by atoms with Crippen LogP contribution in [-0.4, -0.2) is 72.6 Å². The molecular formula is C22H33FN6O. The second-order valence-electron chi connectivity index (χ2n) is 8.03. The molecule has 2 heterocycles. The third kappa shape index (κ3) is 6.27. The van der Waals surface area contributed by atoms with Crippen molar-refractivity contribution < 1.29 is 8.91 Å². The lowest BCUT2D eigenvalue weighted by atomic mass is 10.1. The van der Waals surface area contributed by atoms with E-state index in [1.807, 2.05) is 44.1 Å². The summed E-state index contributed by atoms with van der Waals surface area (Å²) in [5, 5.41) is 7.49. The van der Waals surface area contributed by atoms with Crippen LogP contribution >= 0.6 is 0 Å². The molecule has 30 heavy (non-hydrogen) atoms. The number of nitrogens with one attached hydrogen (secondary N) is 1. The number of aliphatic imine (C=N–C) groups is 1. The van der Waals surface area contributed by atoms with Crippen LogP contribution in [0.2, 0.25) is 0 Å². The molecule has 1 fully saturated rings. The van der Waals surface area contributed by atoms with Gasteiger partial charge in [-0.15, -0.1) is 0 Å². The quantitative estimate of drug-likeness (QED) is 0.553. The second-order valence-corrected chi connectivity index (χ2v) is 8.03. The maximum atomic E-state index is 14.0. The summed E-state index contributed by atoms with van der Waals surface area (Å²) < 4.78 is 19.2. The van der Waals surface area contributed by atoms with E-state index in [1.54, 1.807) is 6.07 Å². The Morgan fingerprint density at radius 3 is 2.63 bits per heavy atom. The van der Waals surface area contributed by atoms with E-state index in [4.69, 9.17) is 9.52 Å². The van der Waals surface area contributed by atoms with Crippen LogP contribution in [0.25, 0.3) is 0 Å². The van der Waals surface area contributed by atoms with Crippen molar-refractivity contribution in [3.05, 3.63) is 52.7 Å². The lowest BCUT2D eigenvalue weighted by Gasteiger charge is -2.36. The molecule has 0 atom stereocenters. The number of nitrogens with zero attached hydrogens (tertiary/aromatic N) is 5. The highest BCUT2D eigenvalue weighted by molar-refractivity contribution is 5.80. The summed E-state index contributed by atoms with van der Waals surface area (Å²) in [7, 11) is 3.88. The fourth-order valence-corrected chi connectivity index (χ4v) is 3.62. The predicted molar refractivity (Wildman–Crippen MR) is 117 cm³/mol. The van der Waals surface area contributed by atoms with Crippen molar-refractivity contribution in [2.45, 2.75) is 33.5 Å². The minimum atomic E-state index is -0.165. The van der Waals surface area contributed by atoms with Gasteiger partial charge in [0, 0.05) is 57.4 Å². The molecule has 1 saturated heterocycles. The Balaban J connectivity index is 1.59. The van der Waals surface area contributed by atoms with Crippen LogP contribution in [0, 0.1) is 12.7 Å². The van der Waals surface area contributed by atoms with Gasteiger partial charge in [0.05, 0.1) is 12.2 Å². The van der Waals surface area contributed by atoms with Gasteiger partial charge in [-0.1, -0.05) is 11.2 Å². The molecule has 164 valence electrons. The highest BCUT2D eigenvalue weighted by atomic mass is 19.1. The molecule has 0 saturated carbocycles. The van der Waals surface area contributed by atoms with Gasteiger partial charge in [0.15, 0.2) is 5.96 Å². The minimum Gasteiger partial charge on any atom is -0.361 e. The van der Waals surface area contributed by atoms with Crippen LogP contribution in [0.3, 0.4) is 0 Å². The van der Waals surface area contributed by atoms with E-state index in [0.29, 0.717) is 18.7 Å². The molecule has 2 aromatic rings. The Morgan fingerprint density at radius 2 is 2.00 bits per heavy atom. The number of aromatic nitrogens is 1. The lowest BCUT2D eigenvalue weighted by Crippen LogP contribution is -2.52. The SMILES string of the molecule is CCNC(=NCc1ccc(F)c(CN(C)C)c1)N1CCN(Cc2cc(C)on2)CC1. The first-order chi connectivity index (χ1) is 14.4. The average Bonchev–Trinajstić information content (AvgIpc) is 3.12. The van der Waals surface area contributed by atoms with E-state index in [-0.39, 0.29) is 5.82 Å². The number of hydrogen-bond acceptors (Lipinski definition) is 5. The fraction of sp³-hybridized carbons (Fsp3) is 0.545. The molecular weight excluding hydrogens is 383 g/mol. The first-order valence-corrected chi connectivity index (χ1v) is 10.5. The van der Waals surface area contributed by atoms with Gasteiger partial charge in [-0.3, -0.25) is 4.90 Å². The van der Waals surface area contributed by atoms with E-state index in [9.17, 15) is 4.39 Å². The number of aryl methyl sites for hydroxylation is 1. The van der Waals surface area contributed by atoms with Gasteiger partial charge < -0.3 is 19.6 Å². The zero-order chi connectivity index (χ0) is 21.5. The summed E-state index contributed by atoms with van der Waals surface area (Å²) in [5.41, 5.74) is 2.70. The molecule has 0 radical (unpaired) electrons. The van der Waals surface area contributed by atoms with Gasteiger partial charge in [0.25, 0.3) is 0 Å². The Labute approximate surface area is 178 Å². The van der Waals surface area contributed by atoms with Crippen molar-refractivity contribution in [2.24, 2.45) is 4.99 Å². The topological polar surface area (TPSA) is 60.1 Å². The summed E-state index contributed by atoms with van der Waals surface area (Å²) in [6.45, 7) is 10.4. The normalized spacial score (nSPS) is 15.8. The molecule has 7 nitrogen and oxygen atoms in total. The summed E-state index contributed by atoms with van der Waals surface area (Å²) in [6.07, 6.45) is 0. The maximum absolute atomic E-state index is 14.0. The van der Waals surface area contributed by atoms with E-state index < -0.39 is 0 Å². The van der Waals surface area contributed by atoms with Crippen LogP contribution in [0.4, 0.5) is 4.39 Å². The van der Waals surface area contributed by atoms with E-state index >= 15 is 0 Å². The zero-order valence-electron chi connectivity index (χ0n) is 18.5. The third-order valence-corrected chi connectivity index (χ3v) is 5.08. The summed E-state index contributed by atoms with van der Waals surface area (Å²) in [4.78, 5) is 11.5. The van der Waals surface area contributed by atoms with E-state index in [0.717, 1.165) is 62.2 Å². The molecule has 0 bridgehead atoms. The first kappa shape index (κ1) is 22.2. The molecule has 0 spiro atoms. The fourth-order valence-electron chi connectivity index (χ4n) is 3.62. The summed E-state index contributed by atoms with van der Waals surface area (Å²) in [5.74, 6) is 1.59. The molecule has 1 aromatic heterocycles. The van der Waals surface area contributed by atoms with Crippen molar-refractivity contribution in [3.8, 4) is 0 Å². The predicted octanol–water partition coefficient (Wildman–Crippen LogP) is 2.47. The van der Waals surface area contributed by atoms with Crippen LogP contribution in [0.1, 0.15) is 29.5 Å². The van der Waals surface area contributed by atoms with Crippen molar-refractivity contribution in [1.82, 2.24) is 25.2 Å². The van der Waals surface area contributed by atoms with Crippen LogP contribution < -0.4 is 5.32 Å². The number of guanidine groups is 1. The summed E-state index contributed by atoms with van der Waals surface area (Å²) >= 11 is 0. The van der Waals surface area contributed by atoms with Gasteiger partial charge in [-0.05, 0) is 45.6 Å². The Bertz CT molecular complexity index is 842. The van der Waals surface area contributed by atoms with Crippen molar-refractivity contribution in [3.63, 3.8) is 0 Å². The number of halogens is 1. The zero-order valence-corrected chi connectivity index (χ0v) is 18.5. The van der Waals surface area contributed by atoms with Crippen LogP contribution in [0.15, 0.2) is 33.8 Å². The van der Waals surface area contributed by atoms with Crippen molar-refractivity contribution >= 4 is 5.96 Å². The Kier molecular flexibility index (Phi) is 7.81. The molecule has 1 aliphatic heterocycles. The van der Waals surface area contributed by atoms with Crippen LogP contribution in [0.5, 0.6) is 0 Å². The average molecular weight is 417 g/mol.